The number of alkyl halides is 4. The standard InChI is InChI=1S/C12H16ClF3N2/c1-3-4-10-5-9(7-13)6-11(17-10)18(2)8-12(14,15)16/h5-6H,3-4,7-8H2,1-2H3. The quantitative estimate of drug-likeness (QED) is 0.763. The van der Waals surface area contributed by atoms with E-state index in [-0.39, 0.29) is 5.88 Å². The molecule has 0 spiro atoms. The van der Waals surface area contributed by atoms with E-state index in [1.807, 2.05) is 13.0 Å². The third-order valence-corrected chi connectivity index (χ3v) is 2.70. The molecule has 102 valence electrons. The number of anilines is 1. The largest absolute Gasteiger partial charge is 0.405 e. The molecular weight excluding hydrogens is 265 g/mol. The van der Waals surface area contributed by atoms with Crippen LogP contribution in [0.2, 0.25) is 0 Å². The molecule has 0 bridgehead atoms. The van der Waals surface area contributed by atoms with Crippen LogP contribution in [0.25, 0.3) is 0 Å². The van der Waals surface area contributed by atoms with Crippen molar-refractivity contribution in [2.24, 2.45) is 0 Å². The van der Waals surface area contributed by atoms with E-state index in [4.69, 9.17) is 11.6 Å². The highest BCUT2D eigenvalue weighted by Crippen LogP contribution is 2.21. The Kier molecular flexibility index (Phi) is 5.26. The first kappa shape index (κ1) is 15.1. The zero-order valence-corrected chi connectivity index (χ0v) is 11.1. The second-order valence-corrected chi connectivity index (χ2v) is 4.45. The summed E-state index contributed by atoms with van der Waals surface area (Å²) in [6.45, 7) is 0.978. The second-order valence-electron chi connectivity index (χ2n) is 4.18. The summed E-state index contributed by atoms with van der Waals surface area (Å²) >= 11 is 5.74. The van der Waals surface area contributed by atoms with Gasteiger partial charge < -0.3 is 4.90 Å². The normalized spacial score (nSPS) is 11.7. The Morgan fingerprint density at radius 2 is 2.00 bits per heavy atom. The van der Waals surface area contributed by atoms with Gasteiger partial charge in [-0.3, -0.25) is 0 Å². The Balaban J connectivity index is 2.96. The highest BCUT2D eigenvalue weighted by Gasteiger charge is 2.29. The number of aryl methyl sites for hydroxylation is 1. The lowest BCUT2D eigenvalue weighted by Crippen LogP contribution is -2.31. The van der Waals surface area contributed by atoms with Gasteiger partial charge in [-0.05, 0) is 24.1 Å². The van der Waals surface area contributed by atoms with Crippen LogP contribution in [0.3, 0.4) is 0 Å². The first-order chi connectivity index (χ1) is 8.35. The molecule has 0 unspecified atom stereocenters. The number of hydrogen-bond donors (Lipinski definition) is 0. The molecule has 0 fully saturated rings. The molecule has 0 aliphatic heterocycles. The minimum absolute atomic E-state index is 0.270. The molecule has 0 atom stereocenters. The predicted octanol–water partition coefficient (Wildman–Crippen LogP) is 3.77. The van der Waals surface area contributed by atoms with Crippen molar-refractivity contribution in [3.05, 3.63) is 23.4 Å². The number of pyridine rings is 1. The van der Waals surface area contributed by atoms with Gasteiger partial charge in [-0.1, -0.05) is 13.3 Å². The fourth-order valence-electron chi connectivity index (χ4n) is 1.64. The molecule has 0 amide bonds. The van der Waals surface area contributed by atoms with E-state index in [0.29, 0.717) is 5.82 Å². The smallest absolute Gasteiger partial charge is 0.351 e. The van der Waals surface area contributed by atoms with Crippen molar-refractivity contribution in [1.82, 2.24) is 4.98 Å². The van der Waals surface area contributed by atoms with E-state index in [1.54, 1.807) is 6.07 Å². The maximum Gasteiger partial charge on any atom is 0.405 e. The van der Waals surface area contributed by atoms with Crippen LogP contribution < -0.4 is 4.90 Å². The third kappa shape index (κ3) is 4.72. The number of nitrogens with zero attached hydrogens (tertiary/aromatic N) is 2. The Labute approximate surface area is 110 Å². The van der Waals surface area contributed by atoms with Gasteiger partial charge in [-0.2, -0.15) is 13.2 Å². The topological polar surface area (TPSA) is 16.1 Å². The van der Waals surface area contributed by atoms with Gasteiger partial charge in [0.05, 0.1) is 0 Å². The van der Waals surface area contributed by atoms with E-state index < -0.39 is 12.7 Å². The lowest BCUT2D eigenvalue weighted by molar-refractivity contribution is -0.119. The fourth-order valence-corrected chi connectivity index (χ4v) is 1.79. The molecule has 0 aromatic carbocycles. The van der Waals surface area contributed by atoms with Crippen molar-refractivity contribution in [3.8, 4) is 0 Å². The Hall–Kier alpha value is -0.970. The summed E-state index contributed by atoms with van der Waals surface area (Å²) in [4.78, 5) is 5.31. The maximum absolute atomic E-state index is 12.3. The zero-order chi connectivity index (χ0) is 13.8. The fraction of sp³-hybridized carbons (Fsp3) is 0.583. The van der Waals surface area contributed by atoms with E-state index >= 15 is 0 Å². The van der Waals surface area contributed by atoms with Crippen molar-refractivity contribution >= 4 is 17.4 Å². The highest BCUT2D eigenvalue weighted by atomic mass is 35.5. The number of rotatable bonds is 5. The van der Waals surface area contributed by atoms with Crippen LogP contribution in [0.1, 0.15) is 24.6 Å². The minimum Gasteiger partial charge on any atom is -0.351 e. The zero-order valence-electron chi connectivity index (χ0n) is 10.4. The van der Waals surface area contributed by atoms with Crippen LogP contribution >= 0.6 is 11.6 Å². The average Bonchev–Trinajstić information content (AvgIpc) is 2.26. The summed E-state index contributed by atoms with van der Waals surface area (Å²) in [6, 6.07) is 3.43. The SMILES string of the molecule is CCCc1cc(CCl)cc(N(C)CC(F)(F)F)n1. The van der Waals surface area contributed by atoms with E-state index in [1.165, 1.54) is 7.05 Å². The van der Waals surface area contributed by atoms with Gasteiger partial charge in [-0.25, -0.2) is 4.98 Å². The average molecular weight is 281 g/mol. The summed E-state index contributed by atoms with van der Waals surface area (Å²) in [5, 5.41) is 0. The molecule has 2 nitrogen and oxygen atoms in total. The first-order valence-electron chi connectivity index (χ1n) is 5.69. The van der Waals surface area contributed by atoms with Crippen LogP contribution in [-0.2, 0) is 12.3 Å². The van der Waals surface area contributed by atoms with Crippen LogP contribution in [0.15, 0.2) is 12.1 Å². The highest BCUT2D eigenvalue weighted by molar-refractivity contribution is 6.17. The van der Waals surface area contributed by atoms with Crippen molar-refractivity contribution in [2.75, 3.05) is 18.5 Å². The lowest BCUT2D eigenvalue weighted by atomic mass is 10.2. The molecule has 1 aromatic rings. The summed E-state index contributed by atoms with van der Waals surface area (Å²) in [7, 11) is 1.38. The van der Waals surface area contributed by atoms with Crippen molar-refractivity contribution in [1.29, 1.82) is 0 Å². The van der Waals surface area contributed by atoms with Gasteiger partial charge in [0, 0.05) is 18.6 Å². The Bertz CT molecular complexity index is 393. The lowest BCUT2D eigenvalue weighted by Gasteiger charge is -2.21. The van der Waals surface area contributed by atoms with Gasteiger partial charge in [0.2, 0.25) is 0 Å². The molecule has 1 aromatic heterocycles. The molecule has 6 heteroatoms. The van der Waals surface area contributed by atoms with E-state index in [2.05, 4.69) is 4.98 Å². The van der Waals surface area contributed by atoms with Crippen LogP contribution in [-0.4, -0.2) is 24.8 Å². The number of halogens is 4. The van der Waals surface area contributed by atoms with Gasteiger partial charge in [0.1, 0.15) is 12.4 Å². The number of aromatic nitrogens is 1. The molecule has 0 saturated carbocycles. The maximum atomic E-state index is 12.3. The molecule has 0 radical (unpaired) electrons. The molecule has 1 heterocycles. The molecule has 1 rings (SSSR count). The van der Waals surface area contributed by atoms with Crippen molar-refractivity contribution in [3.63, 3.8) is 0 Å². The molecule has 0 aliphatic rings. The van der Waals surface area contributed by atoms with Gasteiger partial charge in [0.15, 0.2) is 0 Å². The predicted molar refractivity (Wildman–Crippen MR) is 67.1 cm³/mol. The van der Waals surface area contributed by atoms with Crippen LogP contribution in [0.5, 0.6) is 0 Å². The Morgan fingerprint density at radius 3 is 2.50 bits per heavy atom. The van der Waals surface area contributed by atoms with Gasteiger partial charge in [-0.15, -0.1) is 11.6 Å². The van der Waals surface area contributed by atoms with Gasteiger partial charge >= 0.3 is 6.18 Å². The van der Waals surface area contributed by atoms with Crippen molar-refractivity contribution in [2.45, 2.75) is 31.8 Å². The second kappa shape index (κ2) is 6.27. The number of hydrogen-bond acceptors (Lipinski definition) is 2. The third-order valence-electron chi connectivity index (χ3n) is 2.39. The summed E-state index contributed by atoms with van der Waals surface area (Å²) < 4.78 is 37.0. The minimum atomic E-state index is -4.24. The molecular formula is C12H16ClF3N2. The van der Waals surface area contributed by atoms with E-state index in [9.17, 15) is 13.2 Å². The van der Waals surface area contributed by atoms with E-state index in [0.717, 1.165) is 29.0 Å². The molecule has 0 saturated heterocycles. The van der Waals surface area contributed by atoms with Crippen molar-refractivity contribution < 1.29 is 13.2 Å². The summed E-state index contributed by atoms with van der Waals surface area (Å²) in [5.41, 5.74) is 1.57. The Morgan fingerprint density at radius 1 is 1.33 bits per heavy atom. The van der Waals surface area contributed by atoms with Crippen LogP contribution in [0.4, 0.5) is 19.0 Å². The molecule has 0 aliphatic carbocycles. The van der Waals surface area contributed by atoms with Gasteiger partial charge in [0.25, 0.3) is 0 Å². The molecule has 0 N–H and O–H groups in total. The first-order valence-corrected chi connectivity index (χ1v) is 6.23. The monoisotopic (exact) mass is 280 g/mol. The summed E-state index contributed by atoms with van der Waals surface area (Å²) in [5.74, 6) is 0.584. The van der Waals surface area contributed by atoms with Crippen LogP contribution in [0, 0.1) is 0 Å². The summed E-state index contributed by atoms with van der Waals surface area (Å²) in [6.07, 6.45) is -2.61. The molecule has 18 heavy (non-hydrogen) atoms.